The van der Waals surface area contributed by atoms with Gasteiger partial charge in [-0.25, -0.2) is 0 Å². The predicted octanol–water partition coefficient (Wildman–Crippen LogP) is 6.22. The number of benzene rings is 2. The van der Waals surface area contributed by atoms with E-state index in [0.29, 0.717) is 16.5 Å². The Kier molecular flexibility index (Phi) is 6.03. The van der Waals surface area contributed by atoms with E-state index in [2.05, 4.69) is 18.3 Å². The van der Waals surface area contributed by atoms with Crippen LogP contribution < -0.4 is 5.32 Å². The SMILES string of the molecule is C[C@H]1CCc2c(sc(NC(=O)[C@@H](Sc3ccccc3)c3ccccc3)c2C#N)C1. The molecule has 29 heavy (non-hydrogen) atoms. The predicted molar refractivity (Wildman–Crippen MR) is 120 cm³/mol. The Labute approximate surface area is 179 Å². The minimum absolute atomic E-state index is 0.0896. The lowest BCUT2D eigenvalue weighted by Gasteiger charge is -2.17. The highest BCUT2D eigenvalue weighted by Crippen LogP contribution is 2.41. The van der Waals surface area contributed by atoms with Crippen LogP contribution in [0, 0.1) is 17.2 Å². The molecular formula is C24H22N2OS2. The molecule has 1 aliphatic rings. The van der Waals surface area contributed by atoms with Gasteiger partial charge in [-0.2, -0.15) is 5.26 Å². The minimum Gasteiger partial charge on any atom is -0.315 e. The Morgan fingerprint density at radius 3 is 2.55 bits per heavy atom. The average molecular weight is 419 g/mol. The summed E-state index contributed by atoms with van der Waals surface area (Å²) in [5, 5.41) is 13.1. The number of fused-ring (bicyclic) bond motifs is 1. The van der Waals surface area contributed by atoms with Gasteiger partial charge in [-0.1, -0.05) is 55.5 Å². The number of carbonyl (C=O) groups excluding carboxylic acids is 1. The molecular weight excluding hydrogens is 396 g/mol. The lowest BCUT2D eigenvalue weighted by molar-refractivity contribution is -0.115. The van der Waals surface area contributed by atoms with Crippen molar-refractivity contribution in [2.75, 3.05) is 5.32 Å². The first-order valence-corrected chi connectivity index (χ1v) is 11.5. The van der Waals surface area contributed by atoms with Crippen molar-refractivity contribution in [3.8, 4) is 6.07 Å². The van der Waals surface area contributed by atoms with Gasteiger partial charge < -0.3 is 5.32 Å². The van der Waals surface area contributed by atoms with Crippen LogP contribution in [0.2, 0.25) is 0 Å². The van der Waals surface area contributed by atoms with Crippen LogP contribution in [-0.2, 0) is 17.6 Å². The molecule has 1 amide bonds. The molecule has 0 fully saturated rings. The fourth-order valence-corrected chi connectivity index (χ4v) is 6.08. The molecule has 1 N–H and O–H groups in total. The van der Waals surface area contributed by atoms with E-state index in [4.69, 9.17) is 0 Å². The summed E-state index contributed by atoms with van der Waals surface area (Å²) < 4.78 is 0. The molecule has 0 bridgehead atoms. The third-order valence-electron chi connectivity index (χ3n) is 5.20. The number of nitriles is 1. The quantitative estimate of drug-likeness (QED) is 0.501. The smallest absolute Gasteiger partial charge is 0.243 e. The summed E-state index contributed by atoms with van der Waals surface area (Å²) in [4.78, 5) is 15.6. The maximum absolute atomic E-state index is 13.3. The first kappa shape index (κ1) is 19.8. The molecule has 0 saturated heterocycles. The topological polar surface area (TPSA) is 52.9 Å². The van der Waals surface area contributed by atoms with Gasteiger partial charge in [0.2, 0.25) is 5.91 Å². The third-order valence-corrected chi connectivity index (χ3v) is 7.63. The second-order valence-corrected chi connectivity index (χ2v) is 9.66. The summed E-state index contributed by atoms with van der Waals surface area (Å²) in [6.07, 6.45) is 3.01. The summed E-state index contributed by atoms with van der Waals surface area (Å²) in [7, 11) is 0. The number of rotatable bonds is 5. The van der Waals surface area contributed by atoms with Crippen LogP contribution >= 0.6 is 23.1 Å². The number of hydrogen-bond acceptors (Lipinski definition) is 4. The van der Waals surface area contributed by atoms with E-state index in [-0.39, 0.29) is 11.2 Å². The molecule has 3 nitrogen and oxygen atoms in total. The van der Waals surface area contributed by atoms with Crippen molar-refractivity contribution >= 4 is 34.0 Å². The van der Waals surface area contributed by atoms with Crippen LogP contribution in [0.4, 0.5) is 5.00 Å². The van der Waals surface area contributed by atoms with E-state index in [1.807, 2.05) is 60.7 Å². The van der Waals surface area contributed by atoms with Gasteiger partial charge >= 0.3 is 0 Å². The monoisotopic (exact) mass is 418 g/mol. The third kappa shape index (κ3) is 4.39. The number of amides is 1. The van der Waals surface area contributed by atoms with Crippen molar-refractivity contribution in [2.24, 2.45) is 5.92 Å². The first-order chi connectivity index (χ1) is 14.2. The van der Waals surface area contributed by atoms with Crippen molar-refractivity contribution in [1.29, 1.82) is 5.26 Å². The highest BCUT2D eigenvalue weighted by atomic mass is 32.2. The van der Waals surface area contributed by atoms with Gasteiger partial charge in [0.1, 0.15) is 16.3 Å². The second-order valence-electron chi connectivity index (χ2n) is 7.38. The fourth-order valence-electron chi connectivity index (χ4n) is 3.67. The number of nitrogens with zero attached hydrogens (tertiary/aromatic N) is 1. The molecule has 0 saturated carbocycles. The maximum Gasteiger partial charge on any atom is 0.243 e. The van der Waals surface area contributed by atoms with Crippen molar-refractivity contribution in [1.82, 2.24) is 0 Å². The molecule has 0 spiro atoms. The zero-order valence-corrected chi connectivity index (χ0v) is 17.9. The van der Waals surface area contributed by atoms with Crippen molar-refractivity contribution in [3.63, 3.8) is 0 Å². The van der Waals surface area contributed by atoms with Gasteiger partial charge in [-0.05, 0) is 48.4 Å². The molecule has 146 valence electrons. The van der Waals surface area contributed by atoms with E-state index in [0.717, 1.165) is 35.3 Å². The maximum atomic E-state index is 13.3. The Bertz CT molecular complexity index is 1040. The standard InChI is InChI=1S/C24H22N2OS2/c1-16-12-13-19-20(15-25)24(29-21(19)14-16)26-23(27)22(17-8-4-2-5-9-17)28-18-10-6-3-7-11-18/h2-11,16,22H,12-14H2,1H3,(H,26,27)/t16-,22-/m0/s1. The van der Waals surface area contributed by atoms with E-state index >= 15 is 0 Å². The number of thiophene rings is 1. The molecule has 4 rings (SSSR count). The number of nitrogens with one attached hydrogen (secondary N) is 1. The van der Waals surface area contributed by atoms with Gasteiger partial charge in [0.25, 0.3) is 0 Å². The van der Waals surface area contributed by atoms with Crippen LogP contribution in [0.15, 0.2) is 65.6 Å². The summed E-state index contributed by atoms with van der Waals surface area (Å²) in [5.74, 6) is 0.537. The zero-order valence-electron chi connectivity index (χ0n) is 16.2. The van der Waals surface area contributed by atoms with Crippen LogP contribution in [-0.4, -0.2) is 5.91 Å². The van der Waals surface area contributed by atoms with Gasteiger partial charge in [-0.3, -0.25) is 4.79 Å². The van der Waals surface area contributed by atoms with Crippen molar-refractivity contribution in [3.05, 3.63) is 82.2 Å². The lowest BCUT2D eigenvalue weighted by Crippen LogP contribution is -2.19. The number of anilines is 1. The molecule has 5 heteroatoms. The molecule has 0 aliphatic heterocycles. The van der Waals surface area contributed by atoms with Crippen LogP contribution in [0.3, 0.4) is 0 Å². The Morgan fingerprint density at radius 1 is 1.17 bits per heavy atom. The van der Waals surface area contributed by atoms with Crippen molar-refractivity contribution in [2.45, 2.75) is 36.3 Å². The van der Waals surface area contributed by atoms with E-state index in [9.17, 15) is 10.1 Å². The molecule has 1 aliphatic carbocycles. The summed E-state index contributed by atoms with van der Waals surface area (Å²) in [5.41, 5.74) is 2.74. The Hall–Kier alpha value is -2.55. The Morgan fingerprint density at radius 2 is 1.86 bits per heavy atom. The number of thioether (sulfide) groups is 1. The van der Waals surface area contributed by atoms with Gasteiger partial charge in [0.15, 0.2) is 0 Å². The molecule has 2 atom stereocenters. The molecule has 2 aromatic carbocycles. The highest BCUT2D eigenvalue weighted by Gasteiger charge is 2.27. The second kappa shape index (κ2) is 8.86. The van der Waals surface area contributed by atoms with E-state index in [1.165, 1.54) is 16.6 Å². The zero-order chi connectivity index (χ0) is 20.2. The lowest BCUT2D eigenvalue weighted by atomic mass is 9.88. The van der Waals surface area contributed by atoms with E-state index in [1.54, 1.807) is 11.3 Å². The normalized spacial score (nSPS) is 16.5. The highest BCUT2D eigenvalue weighted by molar-refractivity contribution is 8.00. The van der Waals surface area contributed by atoms with Crippen molar-refractivity contribution < 1.29 is 4.79 Å². The van der Waals surface area contributed by atoms with Crippen LogP contribution in [0.25, 0.3) is 0 Å². The number of carbonyl (C=O) groups is 1. The van der Waals surface area contributed by atoms with E-state index < -0.39 is 0 Å². The average Bonchev–Trinajstić information content (AvgIpc) is 3.09. The number of hydrogen-bond donors (Lipinski definition) is 1. The summed E-state index contributed by atoms with van der Waals surface area (Å²) in [6.45, 7) is 2.24. The summed E-state index contributed by atoms with van der Waals surface area (Å²) in [6, 6.07) is 22.1. The molecule has 0 unspecified atom stereocenters. The van der Waals surface area contributed by atoms with Gasteiger partial charge in [0, 0.05) is 9.77 Å². The van der Waals surface area contributed by atoms with Crippen LogP contribution in [0.1, 0.15) is 40.2 Å². The fraction of sp³-hybridized carbons (Fsp3) is 0.250. The molecule has 1 heterocycles. The largest absolute Gasteiger partial charge is 0.315 e. The molecule has 3 aromatic rings. The molecule has 0 radical (unpaired) electrons. The summed E-state index contributed by atoms with van der Waals surface area (Å²) >= 11 is 3.10. The molecule has 1 aromatic heterocycles. The minimum atomic E-state index is -0.386. The van der Waals surface area contributed by atoms with Gasteiger partial charge in [-0.15, -0.1) is 23.1 Å². The van der Waals surface area contributed by atoms with Gasteiger partial charge in [0.05, 0.1) is 5.56 Å². The van der Waals surface area contributed by atoms with Crippen LogP contribution in [0.5, 0.6) is 0 Å². The Balaban J connectivity index is 1.63. The first-order valence-electron chi connectivity index (χ1n) is 9.78.